The largest absolute Gasteiger partial charge is 0.481 e. The topological polar surface area (TPSA) is 75.6 Å². The smallest absolute Gasteiger partial charge is 0.307 e. The molecule has 2 N–H and O–H groups in total. The van der Waals surface area contributed by atoms with Gasteiger partial charge in [-0.05, 0) is 23.8 Å². The Morgan fingerprint density at radius 3 is 2.52 bits per heavy atom. The van der Waals surface area contributed by atoms with Crippen LogP contribution in [-0.2, 0) is 20.9 Å². The van der Waals surface area contributed by atoms with E-state index in [1.54, 1.807) is 0 Å². The zero-order chi connectivity index (χ0) is 16.2. The van der Waals surface area contributed by atoms with Crippen molar-refractivity contribution in [1.29, 1.82) is 0 Å². The van der Waals surface area contributed by atoms with Crippen LogP contribution in [0.25, 0.3) is 0 Å². The minimum atomic E-state index is -0.873. The summed E-state index contributed by atoms with van der Waals surface area (Å²) < 4.78 is 5.52. The monoisotopic (exact) mass is 315 g/mol. The molecule has 5 heteroatoms. The highest BCUT2D eigenvalue weighted by atomic mass is 16.5. The van der Waals surface area contributed by atoms with E-state index in [1.165, 1.54) is 0 Å². The number of hydrogen-bond donors (Lipinski definition) is 2. The van der Waals surface area contributed by atoms with Crippen molar-refractivity contribution in [3.63, 3.8) is 0 Å². The van der Waals surface area contributed by atoms with Crippen LogP contribution in [0.2, 0.25) is 0 Å². The summed E-state index contributed by atoms with van der Waals surface area (Å²) in [5.74, 6) is -2.01. The average Bonchev–Trinajstić information content (AvgIpc) is 3.16. The fraction of sp³-hybridized carbons (Fsp3) is 0.444. The van der Waals surface area contributed by atoms with Crippen LogP contribution in [0.1, 0.15) is 12.0 Å². The number of carbonyl (C=O) groups excluding carboxylic acids is 1. The van der Waals surface area contributed by atoms with Crippen molar-refractivity contribution < 1.29 is 19.4 Å². The third-order valence-electron chi connectivity index (χ3n) is 4.70. The molecule has 4 atom stereocenters. The quantitative estimate of drug-likeness (QED) is 0.595. The molecule has 1 amide bonds. The summed E-state index contributed by atoms with van der Waals surface area (Å²) in [5.41, 5.74) is 1.09. The maximum Gasteiger partial charge on any atom is 0.307 e. The lowest BCUT2D eigenvalue weighted by atomic mass is 9.82. The predicted molar refractivity (Wildman–Crippen MR) is 84.5 cm³/mol. The Morgan fingerprint density at radius 2 is 1.83 bits per heavy atom. The summed E-state index contributed by atoms with van der Waals surface area (Å²) in [4.78, 5) is 23.7. The molecule has 0 aromatic heterocycles. The van der Waals surface area contributed by atoms with Gasteiger partial charge in [-0.1, -0.05) is 42.5 Å². The van der Waals surface area contributed by atoms with Crippen LogP contribution in [-0.4, -0.2) is 30.1 Å². The number of carboxylic acids is 1. The Hall–Kier alpha value is -2.14. The summed E-state index contributed by atoms with van der Waals surface area (Å²) in [6.45, 7) is 1.32. The number of ether oxygens (including phenoxy) is 1. The minimum absolute atomic E-state index is 0.00239. The Morgan fingerprint density at radius 1 is 1.13 bits per heavy atom. The Kier molecular flexibility index (Phi) is 4.76. The number of rotatable bonds is 7. The van der Waals surface area contributed by atoms with Crippen molar-refractivity contribution in [3.8, 4) is 0 Å². The number of carbonyl (C=O) groups is 2. The van der Waals surface area contributed by atoms with Gasteiger partial charge in [-0.15, -0.1) is 0 Å². The van der Waals surface area contributed by atoms with E-state index in [2.05, 4.69) is 5.32 Å². The van der Waals surface area contributed by atoms with Crippen LogP contribution in [0.3, 0.4) is 0 Å². The van der Waals surface area contributed by atoms with E-state index in [9.17, 15) is 14.7 Å². The molecule has 0 saturated heterocycles. The number of hydrogen-bond acceptors (Lipinski definition) is 3. The number of carboxylic acid groups (broad SMARTS) is 1. The zero-order valence-electron chi connectivity index (χ0n) is 12.9. The standard InChI is InChI=1S/C18H21NO4/c20-17(15-13-6-7-14(10-13)16(15)18(21)22)19-8-9-23-11-12-4-2-1-3-5-12/h1-7,13-16H,8-11H2,(H,19,20)(H,21,22)/t13-,14+,15+,16-/m0/s1. The zero-order valence-corrected chi connectivity index (χ0v) is 12.9. The molecule has 0 aliphatic heterocycles. The second kappa shape index (κ2) is 6.96. The molecule has 122 valence electrons. The minimum Gasteiger partial charge on any atom is -0.481 e. The van der Waals surface area contributed by atoms with E-state index in [0.29, 0.717) is 19.8 Å². The van der Waals surface area contributed by atoms with Crippen molar-refractivity contribution in [2.75, 3.05) is 13.2 Å². The average molecular weight is 315 g/mol. The Bertz CT molecular complexity index is 598. The second-order valence-electron chi connectivity index (χ2n) is 6.17. The number of amides is 1. The van der Waals surface area contributed by atoms with Crippen LogP contribution in [0, 0.1) is 23.7 Å². The van der Waals surface area contributed by atoms with Crippen LogP contribution in [0.15, 0.2) is 42.5 Å². The van der Waals surface area contributed by atoms with Gasteiger partial charge >= 0.3 is 5.97 Å². The summed E-state index contributed by atoms with van der Waals surface area (Å²) in [5, 5.41) is 12.2. The third-order valence-corrected chi connectivity index (χ3v) is 4.70. The lowest BCUT2D eigenvalue weighted by Gasteiger charge is -2.23. The molecule has 0 spiro atoms. The number of aliphatic carboxylic acids is 1. The van der Waals surface area contributed by atoms with Crippen molar-refractivity contribution >= 4 is 11.9 Å². The van der Waals surface area contributed by atoms with E-state index in [0.717, 1.165) is 12.0 Å². The van der Waals surface area contributed by atoms with E-state index in [1.807, 2.05) is 42.5 Å². The van der Waals surface area contributed by atoms with Gasteiger partial charge in [0.1, 0.15) is 0 Å². The fourth-order valence-corrected chi connectivity index (χ4v) is 3.64. The molecule has 1 aromatic carbocycles. The van der Waals surface area contributed by atoms with Crippen LogP contribution >= 0.6 is 0 Å². The first kappa shape index (κ1) is 15.7. The summed E-state index contributed by atoms with van der Waals surface area (Å²) in [6, 6.07) is 9.83. The highest BCUT2D eigenvalue weighted by molar-refractivity contribution is 5.86. The predicted octanol–water partition coefficient (Wildman–Crippen LogP) is 1.84. The van der Waals surface area contributed by atoms with Crippen molar-refractivity contribution in [2.45, 2.75) is 13.0 Å². The van der Waals surface area contributed by atoms with Crippen molar-refractivity contribution in [2.24, 2.45) is 23.7 Å². The number of nitrogens with one attached hydrogen (secondary N) is 1. The van der Waals surface area contributed by atoms with Gasteiger partial charge < -0.3 is 15.2 Å². The van der Waals surface area contributed by atoms with E-state index in [-0.39, 0.29) is 17.7 Å². The molecule has 5 nitrogen and oxygen atoms in total. The van der Waals surface area contributed by atoms with Crippen molar-refractivity contribution in [1.82, 2.24) is 5.32 Å². The summed E-state index contributed by atoms with van der Waals surface area (Å²) >= 11 is 0. The first-order valence-corrected chi connectivity index (χ1v) is 7.97. The lowest BCUT2D eigenvalue weighted by Crippen LogP contribution is -2.41. The van der Waals surface area contributed by atoms with Gasteiger partial charge in [0.15, 0.2) is 0 Å². The van der Waals surface area contributed by atoms with Crippen LogP contribution in [0.5, 0.6) is 0 Å². The molecule has 1 saturated carbocycles. The normalized spacial score (nSPS) is 28.0. The molecule has 1 fully saturated rings. The van der Waals surface area contributed by atoms with Gasteiger partial charge in [-0.25, -0.2) is 0 Å². The van der Waals surface area contributed by atoms with Gasteiger partial charge in [-0.3, -0.25) is 9.59 Å². The highest BCUT2D eigenvalue weighted by Crippen LogP contribution is 2.48. The first-order chi connectivity index (χ1) is 11.2. The molecule has 0 unspecified atom stereocenters. The molecular formula is C18H21NO4. The molecular weight excluding hydrogens is 294 g/mol. The number of allylic oxidation sites excluding steroid dienone is 2. The number of fused-ring (bicyclic) bond motifs is 2. The van der Waals surface area contributed by atoms with E-state index < -0.39 is 17.8 Å². The molecule has 1 aromatic rings. The van der Waals surface area contributed by atoms with Crippen LogP contribution < -0.4 is 5.32 Å². The van der Waals surface area contributed by atoms with Gasteiger partial charge in [0, 0.05) is 6.54 Å². The molecule has 0 heterocycles. The van der Waals surface area contributed by atoms with Gasteiger partial charge in [0.25, 0.3) is 0 Å². The van der Waals surface area contributed by atoms with E-state index >= 15 is 0 Å². The Balaban J connectivity index is 1.43. The molecule has 23 heavy (non-hydrogen) atoms. The molecule has 2 bridgehead atoms. The summed E-state index contributed by atoms with van der Waals surface area (Å²) in [7, 11) is 0. The third kappa shape index (κ3) is 3.45. The summed E-state index contributed by atoms with van der Waals surface area (Å²) in [6.07, 6.45) is 4.70. The molecule has 2 aliphatic rings. The van der Waals surface area contributed by atoms with Crippen LogP contribution in [0.4, 0.5) is 0 Å². The maximum absolute atomic E-state index is 12.3. The fourth-order valence-electron chi connectivity index (χ4n) is 3.64. The second-order valence-corrected chi connectivity index (χ2v) is 6.17. The molecule has 3 rings (SSSR count). The highest BCUT2D eigenvalue weighted by Gasteiger charge is 2.51. The van der Waals surface area contributed by atoms with Gasteiger partial charge in [0.05, 0.1) is 25.0 Å². The Labute approximate surface area is 135 Å². The number of benzene rings is 1. The molecule has 0 radical (unpaired) electrons. The molecule has 2 aliphatic carbocycles. The van der Waals surface area contributed by atoms with Crippen molar-refractivity contribution in [3.05, 3.63) is 48.0 Å². The maximum atomic E-state index is 12.3. The van der Waals surface area contributed by atoms with E-state index in [4.69, 9.17) is 4.74 Å². The lowest BCUT2D eigenvalue weighted by molar-refractivity contribution is -0.147. The van der Waals surface area contributed by atoms with Gasteiger partial charge in [-0.2, -0.15) is 0 Å². The SMILES string of the molecule is O=C(O)[C@@H]1[C@H](C(=O)NCCOCc2ccccc2)[C@H]2C=C[C@@H]1C2. The van der Waals surface area contributed by atoms with Gasteiger partial charge in [0.2, 0.25) is 5.91 Å². The first-order valence-electron chi connectivity index (χ1n) is 7.97.